The molecule has 2 heteroatoms. The Hall–Kier alpha value is -0.890. The van der Waals surface area contributed by atoms with Gasteiger partial charge in [0.25, 0.3) is 0 Å². The molecule has 1 aromatic rings. The highest BCUT2D eigenvalue weighted by molar-refractivity contribution is 5.51. The van der Waals surface area contributed by atoms with E-state index in [9.17, 15) is 4.39 Å². The molecule has 1 N–H and O–H groups in total. The van der Waals surface area contributed by atoms with Gasteiger partial charge >= 0.3 is 0 Å². The van der Waals surface area contributed by atoms with E-state index in [1.165, 1.54) is 17.7 Å². The fraction of sp³-hybridized carbons (Fsp3) is 0.500. The Balaban J connectivity index is 1.91. The minimum Gasteiger partial charge on any atom is -0.316 e. The van der Waals surface area contributed by atoms with E-state index in [-0.39, 0.29) is 5.82 Å². The van der Waals surface area contributed by atoms with Gasteiger partial charge in [0.15, 0.2) is 0 Å². The summed E-state index contributed by atoms with van der Waals surface area (Å²) in [5.41, 5.74) is 3.11. The maximum atomic E-state index is 13.0. The highest BCUT2D eigenvalue weighted by atomic mass is 19.1. The number of rotatable bonds is 0. The topological polar surface area (TPSA) is 12.0 Å². The van der Waals surface area contributed by atoms with E-state index >= 15 is 0 Å². The molecule has 14 heavy (non-hydrogen) atoms. The van der Waals surface area contributed by atoms with Crippen LogP contribution in [0.5, 0.6) is 0 Å². The molecule has 2 fully saturated rings. The van der Waals surface area contributed by atoms with Gasteiger partial charge in [-0.15, -0.1) is 0 Å². The molecule has 2 aliphatic carbocycles. The van der Waals surface area contributed by atoms with E-state index in [2.05, 4.69) is 5.32 Å². The summed E-state index contributed by atoms with van der Waals surface area (Å²) in [4.78, 5) is 0. The lowest BCUT2D eigenvalue weighted by Gasteiger charge is -2.11. The number of hydrogen-bond donors (Lipinski definition) is 1. The van der Waals surface area contributed by atoms with Crippen LogP contribution in [0.4, 0.5) is 4.39 Å². The molecule has 4 rings (SSSR count). The van der Waals surface area contributed by atoms with Crippen molar-refractivity contribution < 1.29 is 4.39 Å². The number of benzene rings is 1. The van der Waals surface area contributed by atoms with Gasteiger partial charge in [-0.1, -0.05) is 6.07 Å². The molecule has 3 aliphatic rings. The van der Waals surface area contributed by atoms with E-state index in [1.807, 2.05) is 6.07 Å². The van der Waals surface area contributed by atoms with Crippen molar-refractivity contribution in [3.8, 4) is 0 Å². The quantitative estimate of drug-likeness (QED) is 0.651. The zero-order valence-electron chi connectivity index (χ0n) is 7.89. The van der Waals surface area contributed by atoms with Crippen molar-refractivity contribution in [2.45, 2.75) is 11.8 Å². The average molecular weight is 189 g/mol. The second-order valence-corrected chi connectivity index (χ2v) is 4.89. The van der Waals surface area contributed by atoms with Crippen molar-refractivity contribution in [3.63, 3.8) is 0 Å². The Morgan fingerprint density at radius 2 is 2.29 bits per heavy atom. The third-order valence-electron chi connectivity index (χ3n) is 4.49. The molecule has 1 aromatic carbocycles. The highest BCUT2D eigenvalue weighted by Gasteiger charge is 2.70. The predicted molar refractivity (Wildman–Crippen MR) is 51.6 cm³/mol. The molecule has 0 unspecified atom stereocenters. The van der Waals surface area contributed by atoms with Gasteiger partial charge < -0.3 is 5.32 Å². The summed E-state index contributed by atoms with van der Waals surface area (Å²) in [6, 6.07) is 5.35. The lowest BCUT2D eigenvalue weighted by atomic mass is 9.94. The largest absolute Gasteiger partial charge is 0.316 e. The highest BCUT2D eigenvalue weighted by Crippen LogP contribution is 2.67. The summed E-state index contributed by atoms with van der Waals surface area (Å²) in [7, 11) is 0. The van der Waals surface area contributed by atoms with Crippen molar-refractivity contribution in [2.75, 3.05) is 13.1 Å². The zero-order valence-corrected chi connectivity index (χ0v) is 7.89. The minimum atomic E-state index is -0.0797. The standard InChI is InChI=1S/C12H12FN/c13-8-1-2-9-7(3-8)4-10-11-5-14-6-12(9,10)11/h1-3,10-11,14H,4-6H2/t10-,11+,12+/m0/s1. The molecule has 0 amide bonds. The van der Waals surface area contributed by atoms with Crippen LogP contribution < -0.4 is 5.32 Å². The predicted octanol–water partition coefficient (Wildman–Crippen LogP) is 1.47. The van der Waals surface area contributed by atoms with Crippen LogP contribution in [0.3, 0.4) is 0 Å². The molecule has 1 spiro atoms. The van der Waals surface area contributed by atoms with Crippen molar-refractivity contribution in [1.29, 1.82) is 0 Å². The summed E-state index contributed by atoms with van der Waals surface area (Å²) in [6.45, 7) is 2.28. The molecule has 1 aliphatic heterocycles. The fourth-order valence-electron chi connectivity index (χ4n) is 3.87. The van der Waals surface area contributed by atoms with E-state index in [0.29, 0.717) is 5.41 Å². The number of piperidine rings is 1. The lowest BCUT2D eigenvalue weighted by molar-refractivity contribution is 0.591. The Morgan fingerprint density at radius 1 is 1.36 bits per heavy atom. The second-order valence-electron chi connectivity index (χ2n) is 4.89. The van der Waals surface area contributed by atoms with E-state index in [1.54, 1.807) is 12.1 Å². The minimum absolute atomic E-state index is 0.0797. The van der Waals surface area contributed by atoms with Gasteiger partial charge in [-0.05, 0) is 48.1 Å². The lowest BCUT2D eigenvalue weighted by Crippen LogP contribution is -2.20. The van der Waals surface area contributed by atoms with Gasteiger partial charge in [0, 0.05) is 12.0 Å². The second kappa shape index (κ2) is 2.03. The van der Waals surface area contributed by atoms with Crippen LogP contribution in [0.1, 0.15) is 11.1 Å². The molecule has 1 nitrogen and oxygen atoms in total. The van der Waals surface area contributed by atoms with Crippen LogP contribution in [-0.4, -0.2) is 13.1 Å². The summed E-state index contributed by atoms with van der Waals surface area (Å²) < 4.78 is 13.0. The smallest absolute Gasteiger partial charge is 0.123 e. The Bertz CT molecular complexity index is 428. The molecular weight excluding hydrogens is 177 g/mol. The molecule has 0 bridgehead atoms. The van der Waals surface area contributed by atoms with Crippen LogP contribution in [0.25, 0.3) is 0 Å². The van der Waals surface area contributed by atoms with E-state index < -0.39 is 0 Å². The van der Waals surface area contributed by atoms with Crippen LogP contribution in [0.15, 0.2) is 18.2 Å². The summed E-state index contributed by atoms with van der Waals surface area (Å²) >= 11 is 0. The first-order chi connectivity index (χ1) is 6.82. The number of fused-ring (bicyclic) bond motifs is 2. The number of nitrogens with one attached hydrogen (secondary N) is 1. The normalized spacial score (nSPS) is 41.8. The molecule has 1 saturated heterocycles. The van der Waals surface area contributed by atoms with Crippen LogP contribution in [0, 0.1) is 17.7 Å². The zero-order chi connectivity index (χ0) is 9.34. The maximum absolute atomic E-state index is 13.0. The van der Waals surface area contributed by atoms with Gasteiger partial charge in [-0.2, -0.15) is 0 Å². The maximum Gasteiger partial charge on any atom is 0.123 e. The molecular formula is C12H12FN. The molecule has 72 valence electrons. The Kier molecular flexibility index (Phi) is 1.08. The van der Waals surface area contributed by atoms with Crippen LogP contribution in [0.2, 0.25) is 0 Å². The van der Waals surface area contributed by atoms with Crippen LogP contribution in [-0.2, 0) is 11.8 Å². The van der Waals surface area contributed by atoms with Crippen LogP contribution >= 0.6 is 0 Å². The monoisotopic (exact) mass is 189 g/mol. The molecule has 0 radical (unpaired) electrons. The van der Waals surface area contributed by atoms with Crippen molar-refractivity contribution in [2.24, 2.45) is 11.8 Å². The Morgan fingerprint density at radius 3 is 3.21 bits per heavy atom. The van der Waals surface area contributed by atoms with Gasteiger partial charge in [-0.25, -0.2) is 4.39 Å². The molecule has 1 heterocycles. The third-order valence-corrected chi connectivity index (χ3v) is 4.49. The Labute approximate surface area is 82.3 Å². The SMILES string of the molecule is Fc1ccc2c(c1)C[C@H]1[C@H]3CNC[C@]231. The van der Waals surface area contributed by atoms with Gasteiger partial charge in [-0.3, -0.25) is 0 Å². The van der Waals surface area contributed by atoms with Gasteiger partial charge in [0.1, 0.15) is 5.82 Å². The van der Waals surface area contributed by atoms with Crippen molar-refractivity contribution in [1.82, 2.24) is 5.32 Å². The third kappa shape index (κ3) is 0.611. The summed E-state index contributed by atoms with van der Waals surface area (Å²) in [6.07, 6.45) is 1.11. The van der Waals surface area contributed by atoms with Gasteiger partial charge in [0.2, 0.25) is 0 Å². The molecule has 1 saturated carbocycles. The van der Waals surface area contributed by atoms with Crippen molar-refractivity contribution in [3.05, 3.63) is 35.1 Å². The number of hydrogen-bond acceptors (Lipinski definition) is 1. The first kappa shape index (κ1) is 7.41. The number of halogens is 1. The van der Waals surface area contributed by atoms with E-state index in [4.69, 9.17) is 0 Å². The first-order valence-corrected chi connectivity index (χ1v) is 5.32. The van der Waals surface area contributed by atoms with E-state index in [0.717, 1.165) is 24.8 Å². The first-order valence-electron chi connectivity index (χ1n) is 5.32. The molecule has 3 atom stereocenters. The average Bonchev–Trinajstić information content (AvgIpc) is 2.58. The van der Waals surface area contributed by atoms with Gasteiger partial charge in [0.05, 0.1) is 0 Å². The summed E-state index contributed by atoms with van der Waals surface area (Å²) in [5.74, 6) is 1.59. The fourth-order valence-corrected chi connectivity index (χ4v) is 3.87. The van der Waals surface area contributed by atoms with Crippen molar-refractivity contribution >= 4 is 0 Å². The summed E-state index contributed by atoms with van der Waals surface area (Å²) in [5, 5.41) is 3.45. The molecule has 0 aromatic heterocycles.